The summed E-state index contributed by atoms with van der Waals surface area (Å²) in [5.41, 5.74) is 6.14. The lowest BCUT2D eigenvalue weighted by Gasteiger charge is -2.09. The predicted molar refractivity (Wildman–Crippen MR) is 133 cm³/mol. The summed E-state index contributed by atoms with van der Waals surface area (Å²) in [5, 5.41) is 1.30. The van der Waals surface area contributed by atoms with E-state index in [1.165, 1.54) is 87.1 Å². The second-order valence-corrected chi connectivity index (χ2v) is 9.20. The number of unbranched alkanes of at least 4 members (excludes halogenated alkanes) is 13. The van der Waals surface area contributed by atoms with Gasteiger partial charge >= 0.3 is 0 Å². The van der Waals surface area contributed by atoms with Crippen LogP contribution in [0.5, 0.6) is 0 Å². The number of rotatable bonds is 20. The lowest BCUT2D eigenvalue weighted by Crippen LogP contribution is -2.14. The quantitative estimate of drug-likeness (QED) is 0.205. The molecule has 3 nitrogen and oxygen atoms in total. The van der Waals surface area contributed by atoms with Crippen LogP contribution >= 0.6 is 0 Å². The number of halogens is 2. The third-order valence-corrected chi connectivity index (χ3v) is 6.37. The van der Waals surface area contributed by atoms with Gasteiger partial charge in [-0.15, -0.1) is 0 Å². The Morgan fingerprint density at radius 2 is 1.47 bits per heavy atom. The van der Waals surface area contributed by atoms with E-state index in [2.05, 4.69) is 34.3 Å². The number of hydrogen-bond acceptors (Lipinski definition) is 2. The van der Waals surface area contributed by atoms with Crippen LogP contribution in [0, 0.1) is 0 Å². The van der Waals surface area contributed by atoms with Gasteiger partial charge in [-0.05, 0) is 37.3 Å². The maximum atomic E-state index is 12.1. The summed E-state index contributed by atoms with van der Waals surface area (Å²) in [6, 6.07) is 2.13. The highest BCUT2D eigenvalue weighted by Crippen LogP contribution is 2.22. The molecular weight excluding hydrogens is 404 g/mol. The van der Waals surface area contributed by atoms with Crippen molar-refractivity contribution in [3.8, 4) is 0 Å². The van der Waals surface area contributed by atoms with Crippen LogP contribution in [0.3, 0.4) is 0 Å². The number of aryl methyl sites for hydroxylation is 1. The number of aromatic nitrogens is 2. The molecule has 0 atom stereocenters. The summed E-state index contributed by atoms with van der Waals surface area (Å²) in [5.74, 6) is 0. The third kappa shape index (κ3) is 10.8. The minimum atomic E-state index is -2.14. The molecule has 1 N–H and O–H groups in total. The molecule has 0 bridgehead atoms. The monoisotopic (exact) mass is 449 g/mol. The van der Waals surface area contributed by atoms with Crippen molar-refractivity contribution in [2.75, 3.05) is 12.0 Å². The predicted octanol–water partition coefficient (Wildman–Crippen LogP) is 8.65. The van der Waals surface area contributed by atoms with Gasteiger partial charge in [-0.1, -0.05) is 84.0 Å². The summed E-state index contributed by atoms with van der Waals surface area (Å²) in [7, 11) is 0. The van der Waals surface area contributed by atoms with Crippen LogP contribution in [0.25, 0.3) is 10.9 Å². The Kier molecular flexibility index (Phi) is 14.1. The van der Waals surface area contributed by atoms with Crippen LogP contribution < -0.4 is 5.43 Å². The van der Waals surface area contributed by atoms with Gasteiger partial charge in [0.15, 0.2) is 0 Å². The highest BCUT2D eigenvalue weighted by atomic mass is 19.3. The molecule has 182 valence electrons. The van der Waals surface area contributed by atoms with E-state index < -0.39 is 6.43 Å². The van der Waals surface area contributed by atoms with E-state index in [9.17, 15) is 8.78 Å². The lowest BCUT2D eigenvalue weighted by atomic mass is 10.0. The van der Waals surface area contributed by atoms with Crippen molar-refractivity contribution in [1.29, 1.82) is 0 Å². The van der Waals surface area contributed by atoms with Crippen molar-refractivity contribution in [1.82, 2.24) is 9.66 Å². The molecule has 0 radical (unpaired) electrons. The summed E-state index contributed by atoms with van der Waals surface area (Å²) >= 11 is 0. The van der Waals surface area contributed by atoms with Gasteiger partial charge in [0.1, 0.15) is 0 Å². The standard InChI is InChI=1S/C27H45F2N3/c1-2-3-4-5-6-10-13-16-20-31-32-23-24(25-19-21-30-22-26(25)32)17-14-11-8-7-9-12-15-18-27(28)29/h19,21-23,27,31H,2-18,20H2,1H3. The minimum absolute atomic E-state index is 0.0615. The fraction of sp³-hybridized carbons (Fsp3) is 0.741. The number of hydrogen-bond donors (Lipinski definition) is 1. The van der Waals surface area contributed by atoms with Gasteiger partial charge in [-0.25, -0.2) is 8.78 Å². The van der Waals surface area contributed by atoms with Gasteiger partial charge in [0.05, 0.1) is 11.7 Å². The molecule has 0 fully saturated rings. The fourth-order valence-electron chi connectivity index (χ4n) is 4.43. The van der Waals surface area contributed by atoms with Crippen molar-refractivity contribution >= 4 is 10.9 Å². The first kappa shape index (κ1) is 26.6. The van der Waals surface area contributed by atoms with Crippen LogP contribution in [-0.4, -0.2) is 22.6 Å². The molecule has 0 spiro atoms. The molecule has 32 heavy (non-hydrogen) atoms. The molecule has 0 aliphatic heterocycles. The Balaban J connectivity index is 1.64. The van der Waals surface area contributed by atoms with Crippen molar-refractivity contribution in [3.05, 3.63) is 30.2 Å². The molecule has 0 aromatic carbocycles. The average Bonchev–Trinajstić information content (AvgIpc) is 3.14. The number of nitrogens with one attached hydrogen (secondary N) is 1. The molecule has 2 aromatic rings. The maximum absolute atomic E-state index is 12.1. The SMILES string of the molecule is CCCCCCCCCCNn1cc(CCCCCCCCCC(F)F)c2ccncc21. The van der Waals surface area contributed by atoms with E-state index >= 15 is 0 Å². The molecule has 0 amide bonds. The number of fused-ring (bicyclic) bond motifs is 1. The Bertz CT molecular complexity index is 714. The zero-order valence-electron chi connectivity index (χ0n) is 20.3. The van der Waals surface area contributed by atoms with E-state index in [4.69, 9.17) is 0 Å². The number of nitrogens with zero attached hydrogens (tertiary/aromatic N) is 2. The molecule has 0 unspecified atom stereocenters. The molecule has 0 saturated carbocycles. The van der Waals surface area contributed by atoms with Crippen LogP contribution in [0.15, 0.2) is 24.7 Å². The number of alkyl halides is 2. The molecule has 2 aromatic heterocycles. The molecular formula is C27H45F2N3. The average molecular weight is 450 g/mol. The van der Waals surface area contributed by atoms with E-state index in [-0.39, 0.29) is 6.42 Å². The molecule has 2 rings (SSSR count). The fourth-order valence-corrected chi connectivity index (χ4v) is 4.43. The maximum Gasteiger partial charge on any atom is 0.238 e. The van der Waals surface area contributed by atoms with Gasteiger partial charge in [-0.3, -0.25) is 9.66 Å². The molecule has 2 heterocycles. The molecule has 0 saturated heterocycles. The van der Waals surface area contributed by atoms with Crippen molar-refractivity contribution < 1.29 is 8.78 Å². The minimum Gasteiger partial charge on any atom is -0.326 e. The van der Waals surface area contributed by atoms with Crippen LogP contribution in [0.4, 0.5) is 8.78 Å². The molecule has 5 heteroatoms. The summed E-state index contributed by atoms with van der Waals surface area (Å²) in [4.78, 5) is 4.33. The Hall–Kier alpha value is -1.65. The van der Waals surface area contributed by atoms with E-state index in [0.717, 1.165) is 32.2 Å². The summed E-state index contributed by atoms with van der Waals surface area (Å²) in [6.45, 7) is 3.27. The Morgan fingerprint density at radius 1 is 0.844 bits per heavy atom. The first-order valence-electron chi connectivity index (χ1n) is 13.2. The Morgan fingerprint density at radius 3 is 2.16 bits per heavy atom. The largest absolute Gasteiger partial charge is 0.326 e. The molecule has 0 aliphatic carbocycles. The second kappa shape index (κ2) is 16.9. The van der Waals surface area contributed by atoms with Crippen LogP contribution in [-0.2, 0) is 6.42 Å². The highest BCUT2D eigenvalue weighted by Gasteiger charge is 2.08. The normalized spacial score (nSPS) is 11.6. The van der Waals surface area contributed by atoms with E-state index in [1.54, 1.807) is 0 Å². The van der Waals surface area contributed by atoms with Crippen molar-refractivity contribution in [3.63, 3.8) is 0 Å². The van der Waals surface area contributed by atoms with Gasteiger partial charge in [0, 0.05) is 30.7 Å². The zero-order chi connectivity index (χ0) is 22.9. The zero-order valence-corrected chi connectivity index (χ0v) is 20.3. The smallest absolute Gasteiger partial charge is 0.238 e. The summed E-state index contributed by atoms with van der Waals surface area (Å²) in [6.07, 6.45) is 23.2. The van der Waals surface area contributed by atoms with E-state index in [0.29, 0.717) is 6.42 Å². The van der Waals surface area contributed by atoms with Crippen molar-refractivity contribution in [2.45, 2.75) is 123 Å². The van der Waals surface area contributed by atoms with Crippen molar-refractivity contribution in [2.24, 2.45) is 0 Å². The Labute approximate surface area is 194 Å². The second-order valence-electron chi connectivity index (χ2n) is 9.20. The van der Waals surface area contributed by atoms with Gasteiger partial charge in [-0.2, -0.15) is 0 Å². The first-order valence-corrected chi connectivity index (χ1v) is 13.2. The third-order valence-electron chi connectivity index (χ3n) is 6.37. The topological polar surface area (TPSA) is 29.9 Å². The summed E-state index contributed by atoms with van der Waals surface area (Å²) < 4.78 is 26.4. The van der Waals surface area contributed by atoms with E-state index in [1.807, 2.05) is 12.4 Å². The lowest BCUT2D eigenvalue weighted by molar-refractivity contribution is 0.133. The highest BCUT2D eigenvalue weighted by molar-refractivity contribution is 5.83. The van der Waals surface area contributed by atoms with Crippen LogP contribution in [0.2, 0.25) is 0 Å². The van der Waals surface area contributed by atoms with Gasteiger partial charge in [0.25, 0.3) is 0 Å². The van der Waals surface area contributed by atoms with Gasteiger partial charge < -0.3 is 5.43 Å². The molecule has 0 aliphatic rings. The first-order chi connectivity index (χ1) is 15.7. The number of pyridine rings is 1. The van der Waals surface area contributed by atoms with Gasteiger partial charge in [0.2, 0.25) is 6.43 Å². The van der Waals surface area contributed by atoms with Crippen LogP contribution in [0.1, 0.15) is 115 Å².